The second-order valence-electron chi connectivity index (χ2n) is 3.02. The minimum Gasteiger partial charge on any atom is -0.492 e. The Kier molecular flexibility index (Phi) is 2.21. The number of rotatable bonds is 2. The molecular formula is C10H12N2OS. The predicted octanol–water partition coefficient (Wildman–Crippen LogP) is 2.46. The minimum atomic E-state index is 0.648. The number of nitrogens with two attached hydrogens (primary N) is 2. The molecule has 0 aliphatic heterocycles. The fourth-order valence-electron chi connectivity index (χ4n) is 1.45. The third kappa shape index (κ3) is 1.37. The molecule has 0 radical (unpaired) electrons. The van der Waals surface area contributed by atoms with Gasteiger partial charge in [-0.15, -0.1) is 11.3 Å². The van der Waals surface area contributed by atoms with E-state index < -0.39 is 0 Å². The van der Waals surface area contributed by atoms with E-state index in [1.807, 2.05) is 18.4 Å². The Hall–Kier alpha value is -1.42. The summed E-state index contributed by atoms with van der Waals surface area (Å²) >= 11 is 1.60. The fraction of sp³-hybridized carbons (Fsp3) is 0.200. The van der Waals surface area contributed by atoms with Gasteiger partial charge in [0.05, 0.1) is 12.0 Å². The first-order chi connectivity index (χ1) is 6.72. The summed E-state index contributed by atoms with van der Waals surface area (Å²) in [4.78, 5) is 0. The van der Waals surface area contributed by atoms with Gasteiger partial charge in [-0.05, 0) is 19.1 Å². The van der Waals surface area contributed by atoms with Crippen LogP contribution in [-0.4, -0.2) is 6.61 Å². The molecule has 0 aliphatic rings. The summed E-state index contributed by atoms with van der Waals surface area (Å²) < 4.78 is 6.54. The van der Waals surface area contributed by atoms with Crippen LogP contribution in [0.5, 0.6) is 5.75 Å². The summed E-state index contributed by atoms with van der Waals surface area (Å²) in [7, 11) is 0. The quantitative estimate of drug-likeness (QED) is 0.745. The van der Waals surface area contributed by atoms with Crippen LogP contribution in [0.25, 0.3) is 10.1 Å². The highest BCUT2D eigenvalue weighted by atomic mass is 32.1. The van der Waals surface area contributed by atoms with Crippen molar-refractivity contribution in [3.8, 4) is 5.75 Å². The topological polar surface area (TPSA) is 61.3 Å². The first kappa shape index (κ1) is 9.15. The number of hydrogen-bond donors (Lipinski definition) is 2. The number of fused-ring (bicyclic) bond motifs is 1. The molecule has 2 rings (SSSR count). The van der Waals surface area contributed by atoms with Crippen LogP contribution < -0.4 is 16.2 Å². The van der Waals surface area contributed by atoms with Crippen molar-refractivity contribution < 1.29 is 4.74 Å². The van der Waals surface area contributed by atoms with Crippen LogP contribution in [0.2, 0.25) is 0 Å². The van der Waals surface area contributed by atoms with Gasteiger partial charge in [0, 0.05) is 21.5 Å². The second kappa shape index (κ2) is 3.38. The van der Waals surface area contributed by atoms with Gasteiger partial charge >= 0.3 is 0 Å². The molecule has 0 aliphatic carbocycles. The Morgan fingerprint density at radius 1 is 1.36 bits per heavy atom. The van der Waals surface area contributed by atoms with E-state index in [9.17, 15) is 0 Å². The Bertz CT molecular complexity index is 464. The highest BCUT2D eigenvalue weighted by Crippen LogP contribution is 2.37. The lowest BCUT2D eigenvalue weighted by Crippen LogP contribution is -1.93. The molecule has 74 valence electrons. The highest BCUT2D eigenvalue weighted by molar-refractivity contribution is 7.17. The van der Waals surface area contributed by atoms with Gasteiger partial charge in [-0.3, -0.25) is 0 Å². The smallest absolute Gasteiger partial charge is 0.139 e. The van der Waals surface area contributed by atoms with Gasteiger partial charge in [-0.1, -0.05) is 0 Å². The summed E-state index contributed by atoms with van der Waals surface area (Å²) in [6.45, 7) is 2.60. The van der Waals surface area contributed by atoms with Gasteiger partial charge in [0.1, 0.15) is 5.75 Å². The van der Waals surface area contributed by atoms with Crippen LogP contribution in [0.3, 0.4) is 0 Å². The van der Waals surface area contributed by atoms with Crippen molar-refractivity contribution in [2.24, 2.45) is 0 Å². The van der Waals surface area contributed by atoms with Gasteiger partial charge in [0.15, 0.2) is 0 Å². The molecule has 0 unspecified atom stereocenters. The van der Waals surface area contributed by atoms with E-state index in [-0.39, 0.29) is 0 Å². The summed E-state index contributed by atoms with van der Waals surface area (Å²) in [5.74, 6) is 0.852. The van der Waals surface area contributed by atoms with E-state index >= 15 is 0 Å². The first-order valence-electron chi connectivity index (χ1n) is 4.41. The van der Waals surface area contributed by atoms with Crippen molar-refractivity contribution in [3.63, 3.8) is 0 Å². The summed E-state index contributed by atoms with van der Waals surface area (Å²) in [6.07, 6.45) is 0. The maximum Gasteiger partial charge on any atom is 0.139 e. The Morgan fingerprint density at radius 2 is 2.14 bits per heavy atom. The van der Waals surface area contributed by atoms with E-state index in [4.69, 9.17) is 16.2 Å². The van der Waals surface area contributed by atoms with E-state index in [1.165, 1.54) is 0 Å². The molecule has 0 amide bonds. The predicted molar refractivity (Wildman–Crippen MR) is 61.8 cm³/mol. The van der Waals surface area contributed by atoms with Gasteiger partial charge in [0.25, 0.3) is 0 Å². The molecule has 4 N–H and O–H groups in total. The lowest BCUT2D eigenvalue weighted by atomic mass is 10.2. The number of hydrogen-bond acceptors (Lipinski definition) is 4. The molecule has 4 heteroatoms. The summed E-state index contributed by atoms with van der Waals surface area (Å²) in [5.41, 5.74) is 13.0. The van der Waals surface area contributed by atoms with Crippen molar-refractivity contribution in [2.75, 3.05) is 18.1 Å². The zero-order chi connectivity index (χ0) is 10.1. The molecule has 1 heterocycles. The van der Waals surface area contributed by atoms with Gasteiger partial charge in [0.2, 0.25) is 0 Å². The summed E-state index contributed by atoms with van der Waals surface area (Å²) in [6, 6.07) is 3.68. The highest BCUT2D eigenvalue weighted by Gasteiger charge is 2.08. The van der Waals surface area contributed by atoms with Crippen molar-refractivity contribution in [2.45, 2.75) is 6.92 Å². The number of nitrogen functional groups attached to an aromatic ring is 2. The molecule has 3 nitrogen and oxygen atoms in total. The molecular weight excluding hydrogens is 196 g/mol. The lowest BCUT2D eigenvalue weighted by molar-refractivity contribution is 0.345. The summed E-state index contributed by atoms with van der Waals surface area (Å²) in [5, 5.41) is 2.94. The lowest BCUT2D eigenvalue weighted by Gasteiger charge is -2.03. The third-order valence-corrected chi connectivity index (χ3v) is 2.90. The SMILES string of the molecule is CCOc1csc2cc(N)cc(N)c12. The Balaban J connectivity index is 2.66. The van der Waals surface area contributed by atoms with Crippen LogP contribution in [-0.2, 0) is 0 Å². The maximum absolute atomic E-state index is 5.88. The van der Waals surface area contributed by atoms with Crippen LogP contribution in [0, 0.1) is 0 Å². The van der Waals surface area contributed by atoms with E-state index in [1.54, 1.807) is 17.4 Å². The third-order valence-electron chi connectivity index (χ3n) is 1.99. The van der Waals surface area contributed by atoms with Gasteiger partial charge in [-0.25, -0.2) is 0 Å². The number of anilines is 2. The van der Waals surface area contributed by atoms with Crippen LogP contribution in [0.15, 0.2) is 17.5 Å². The molecule has 2 aromatic rings. The average Bonchev–Trinajstić information content (AvgIpc) is 2.49. The average molecular weight is 208 g/mol. The number of benzene rings is 1. The maximum atomic E-state index is 5.88. The molecule has 14 heavy (non-hydrogen) atoms. The monoisotopic (exact) mass is 208 g/mol. The first-order valence-corrected chi connectivity index (χ1v) is 5.29. The van der Waals surface area contributed by atoms with Crippen molar-refractivity contribution in [1.29, 1.82) is 0 Å². The van der Waals surface area contributed by atoms with Gasteiger partial charge in [-0.2, -0.15) is 0 Å². The zero-order valence-corrected chi connectivity index (χ0v) is 8.73. The number of thiophene rings is 1. The van der Waals surface area contributed by atoms with Crippen molar-refractivity contribution in [3.05, 3.63) is 17.5 Å². The largest absolute Gasteiger partial charge is 0.492 e. The van der Waals surface area contributed by atoms with Crippen molar-refractivity contribution >= 4 is 32.8 Å². The molecule has 0 spiro atoms. The minimum absolute atomic E-state index is 0.648. The van der Waals surface area contributed by atoms with Gasteiger partial charge < -0.3 is 16.2 Å². The molecule has 0 saturated carbocycles. The molecule has 1 aromatic carbocycles. The molecule has 0 fully saturated rings. The van der Waals surface area contributed by atoms with Crippen molar-refractivity contribution in [1.82, 2.24) is 0 Å². The van der Waals surface area contributed by atoms with Crippen LogP contribution >= 0.6 is 11.3 Å². The molecule has 0 saturated heterocycles. The van der Waals surface area contributed by atoms with E-state index in [0.29, 0.717) is 18.0 Å². The molecule has 0 bridgehead atoms. The zero-order valence-electron chi connectivity index (χ0n) is 7.91. The molecule has 1 aromatic heterocycles. The Labute approximate surface area is 86.3 Å². The molecule has 0 atom stereocenters. The van der Waals surface area contributed by atoms with E-state index in [2.05, 4.69) is 0 Å². The second-order valence-corrected chi connectivity index (χ2v) is 3.93. The van der Waals surface area contributed by atoms with E-state index in [0.717, 1.165) is 15.8 Å². The Morgan fingerprint density at radius 3 is 2.86 bits per heavy atom. The van der Waals surface area contributed by atoms with Crippen LogP contribution in [0.4, 0.5) is 11.4 Å². The normalized spacial score (nSPS) is 10.6. The standard InChI is InChI=1S/C10H12N2OS/c1-2-13-8-5-14-9-4-6(11)3-7(12)10(8)9/h3-5H,2,11-12H2,1H3. The van der Waals surface area contributed by atoms with Crippen LogP contribution in [0.1, 0.15) is 6.92 Å². The fourth-order valence-corrected chi connectivity index (χ4v) is 2.41. The number of ether oxygens (including phenoxy) is 1.